The van der Waals surface area contributed by atoms with E-state index in [9.17, 15) is 23.1 Å². The van der Waals surface area contributed by atoms with Crippen molar-refractivity contribution in [2.75, 3.05) is 12.0 Å². The van der Waals surface area contributed by atoms with Gasteiger partial charge in [-0.1, -0.05) is 0 Å². The van der Waals surface area contributed by atoms with Gasteiger partial charge < -0.3 is 9.84 Å². The number of Topliss-reactive ketones (excluding diaryl/α,β-unsaturated/α-hetero) is 1. The Morgan fingerprint density at radius 1 is 1.09 bits per heavy atom. The van der Waals surface area contributed by atoms with Crippen molar-refractivity contribution in [3.05, 3.63) is 88.2 Å². The summed E-state index contributed by atoms with van der Waals surface area (Å²) in [4.78, 5) is 31.3. The van der Waals surface area contributed by atoms with Crippen molar-refractivity contribution in [1.29, 1.82) is 0 Å². The summed E-state index contributed by atoms with van der Waals surface area (Å²) in [6.07, 6.45) is 3.01. The van der Waals surface area contributed by atoms with Crippen molar-refractivity contribution >= 4 is 49.1 Å². The van der Waals surface area contributed by atoms with Gasteiger partial charge in [-0.05, 0) is 76.1 Å². The summed E-state index contributed by atoms with van der Waals surface area (Å²) in [7, 11) is -2.45. The molecule has 1 aliphatic heterocycles. The van der Waals surface area contributed by atoms with Gasteiger partial charge in [0.25, 0.3) is 11.7 Å². The van der Waals surface area contributed by atoms with Crippen LogP contribution in [-0.2, 0) is 19.6 Å². The molecule has 0 radical (unpaired) electrons. The molecule has 2 heterocycles. The number of aliphatic hydroxyl groups is 1. The normalized spacial score (nSPS) is 17.7. The molecule has 3 aromatic rings. The summed E-state index contributed by atoms with van der Waals surface area (Å²) < 4.78 is 29.0. The first-order valence-corrected chi connectivity index (χ1v) is 12.1. The zero-order chi connectivity index (χ0) is 24.6. The zero-order valence-electron chi connectivity index (χ0n) is 17.7. The van der Waals surface area contributed by atoms with E-state index in [1.807, 2.05) is 0 Å². The number of nitrogens with two attached hydrogens (primary N) is 1. The second-order valence-corrected chi connectivity index (χ2v) is 9.75. The van der Waals surface area contributed by atoms with Gasteiger partial charge >= 0.3 is 0 Å². The molecule has 0 spiro atoms. The predicted octanol–water partition coefficient (Wildman–Crippen LogP) is 3.13. The Labute approximate surface area is 203 Å². The van der Waals surface area contributed by atoms with Crippen molar-refractivity contribution in [3.8, 4) is 5.75 Å². The monoisotopic (exact) mass is 543 g/mol. The van der Waals surface area contributed by atoms with Crippen molar-refractivity contribution in [2.45, 2.75) is 10.9 Å². The van der Waals surface area contributed by atoms with Crippen LogP contribution in [0.1, 0.15) is 17.2 Å². The molecular formula is C23H18BrN3O6S. The number of carbonyl (C=O) groups is 2. The summed E-state index contributed by atoms with van der Waals surface area (Å²) in [5, 5.41) is 16.3. The van der Waals surface area contributed by atoms with Crippen LogP contribution in [0.25, 0.3) is 5.76 Å². The Hall–Kier alpha value is -3.54. The van der Waals surface area contributed by atoms with Gasteiger partial charge in [-0.15, -0.1) is 0 Å². The third kappa shape index (κ3) is 4.20. The highest BCUT2D eigenvalue weighted by Gasteiger charge is 2.47. The fourth-order valence-corrected chi connectivity index (χ4v) is 4.78. The summed E-state index contributed by atoms with van der Waals surface area (Å²) in [5.41, 5.74) is 0.961. The third-order valence-electron chi connectivity index (χ3n) is 5.33. The van der Waals surface area contributed by atoms with Gasteiger partial charge in [0, 0.05) is 23.6 Å². The second kappa shape index (κ2) is 9.01. The minimum Gasteiger partial charge on any atom is -0.507 e. The fraction of sp³-hybridized carbons (Fsp3) is 0.0870. The maximum absolute atomic E-state index is 13.1. The molecule has 3 N–H and O–H groups in total. The maximum atomic E-state index is 13.1. The Bertz CT molecular complexity index is 1420. The Balaban J connectivity index is 1.90. The molecule has 9 nitrogen and oxygen atoms in total. The first kappa shape index (κ1) is 23.6. The Morgan fingerprint density at radius 2 is 1.74 bits per heavy atom. The predicted molar refractivity (Wildman–Crippen MR) is 128 cm³/mol. The number of hydrogen-bond donors (Lipinski definition) is 2. The molecule has 2 aromatic carbocycles. The van der Waals surface area contributed by atoms with Crippen LogP contribution in [0.3, 0.4) is 0 Å². The van der Waals surface area contributed by atoms with Gasteiger partial charge in [0.05, 0.1) is 28.1 Å². The second-order valence-electron chi connectivity index (χ2n) is 7.34. The molecule has 0 aliphatic carbocycles. The molecule has 11 heteroatoms. The van der Waals surface area contributed by atoms with E-state index in [-0.39, 0.29) is 21.9 Å². The number of carbonyl (C=O) groups excluding carboxylic acids is 2. The number of methoxy groups -OCH3 is 1. The van der Waals surface area contributed by atoms with E-state index < -0.39 is 27.8 Å². The van der Waals surface area contributed by atoms with Gasteiger partial charge in [0.15, 0.2) is 0 Å². The number of ketones is 1. The molecule has 1 aromatic heterocycles. The number of sulfonamides is 1. The number of halogens is 1. The molecule has 4 rings (SSSR count). The summed E-state index contributed by atoms with van der Waals surface area (Å²) in [6.45, 7) is 0. The number of aliphatic hydroxyl groups excluding tert-OH is 1. The average Bonchev–Trinajstić information content (AvgIpc) is 3.09. The van der Waals surface area contributed by atoms with Crippen molar-refractivity contribution in [3.63, 3.8) is 0 Å². The number of hydrogen-bond acceptors (Lipinski definition) is 7. The minimum atomic E-state index is -3.95. The van der Waals surface area contributed by atoms with Gasteiger partial charge in [-0.25, -0.2) is 13.6 Å². The van der Waals surface area contributed by atoms with Gasteiger partial charge in [0.1, 0.15) is 11.5 Å². The summed E-state index contributed by atoms with van der Waals surface area (Å²) in [6, 6.07) is 12.3. The molecular weight excluding hydrogens is 526 g/mol. The summed E-state index contributed by atoms with van der Waals surface area (Å²) in [5.74, 6) is -1.61. The van der Waals surface area contributed by atoms with Crippen molar-refractivity contribution < 1.29 is 27.9 Å². The van der Waals surface area contributed by atoms with Crippen LogP contribution in [0.5, 0.6) is 5.75 Å². The number of nitrogens with zero attached hydrogens (tertiary/aromatic N) is 2. The van der Waals surface area contributed by atoms with E-state index in [0.717, 1.165) is 0 Å². The van der Waals surface area contributed by atoms with Crippen LogP contribution >= 0.6 is 15.9 Å². The highest BCUT2D eigenvalue weighted by molar-refractivity contribution is 9.10. The molecule has 1 saturated heterocycles. The first-order valence-electron chi connectivity index (χ1n) is 9.81. The number of primary sulfonamides is 1. The van der Waals surface area contributed by atoms with Gasteiger partial charge in [-0.2, -0.15) is 0 Å². The summed E-state index contributed by atoms with van der Waals surface area (Å²) >= 11 is 3.35. The third-order valence-corrected chi connectivity index (χ3v) is 6.88. The van der Waals surface area contributed by atoms with E-state index in [1.54, 1.807) is 30.3 Å². The number of rotatable bonds is 5. The van der Waals surface area contributed by atoms with Crippen LogP contribution in [0.2, 0.25) is 0 Å². The molecule has 1 aliphatic rings. The topological polar surface area (TPSA) is 140 Å². The molecule has 174 valence electrons. The molecule has 1 amide bonds. The van der Waals surface area contributed by atoms with Crippen LogP contribution in [-0.4, -0.2) is 37.3 Å². The minimum absolute atomic E-state index is 0.121. The molecule has 0 saturated carbocycles. The van der Waals surface area contributed by atoms with Gasteiger partial charge in [-0.3, -0.25) is 19.5 Å². The molecule has 1 fully saturated rings. The number of benzene rings is 2. The number of anilines is 1. The number of ether oxygens (including phenoxy) is 1. The number of amides is 1. The highest BCUT2D eigenvalue weighted by atomic mass is 79.9. The van der Waals surface area contributed by atoms with E-state index in [0.29, 0.717) is 21.3 Å². The zero-order valence-corrected chi connectivity index (χ0v) is 20.1. The fourth-order valence-electron chi connectivity index (χ4n) is 3.73. The average molecular weight is 544 g/mol. The Morgan fingerprint density at radius 3 is 2.29 bits per heavy atom. The highest BCUT2D eigenvalue weighted by Crippen LogP contribution is 2.42. The smallest absolute Gasteiger partial charge is 0.300 e. The standard InChI is InChI=1S/C23H18BrN3O6S/c1-33-18-7-2-14(12-17(18)24)21(28)19-20(13-8-10-26-11-9-13)27(23(30)22(19)29)15-3-5-16(6-4-15)34(25,31)32/h2-12,20,28H,1H3,(H2,25,31,32)/b21-19+. The van der Waals surface area contributed by atoms with E-state index in [1.165, 1.54) is 48.7 Å². The number of aromatic nitrogens is 1. The van der Waals surface area contributed by atoms with Crippen molar-refractivity contribution in [2.24, 2.45) is 5.14 Å². The van der Waals surface area contributed by atoms with E-state index in [2.05, 4.69) is 20.9 Å². The quantitative estimate of drug-likeness (QED) is 0.286. The lowest BCUT2D eigenvalue weighted by atomic mass is 9.95. The van der Waals surface area contributed by atoms with Crippen LogP contribution in [0.15, 0.2) is 81.9 Å². The van der Waals surface area contributed by atoms with E-state index >= 15 is 0 Å². The molecule has 1 atom stereocenters. The molecule has 34 heavy (non-hydrogen) atoms. The SMILES string of the molecule is COc1ccc(/C(O)=C2\C(=O)C(=O)N(c3ccc(S(N)(=O)=O)cc3)C2c2ccncc2)cc1Br. The number of pyridine rings is 1. The Kier molecular flexibility index (Phi) is 6.26. The maximum Gasteiger partial charge on any atom is 0.300 e. The first-order chi connectivity index (χ1) is 16.1. The van der Waals surface area contributed by atoms with Gasteiger partial charge in [0.2, 0.25) is 10.0 Å². The molecule has 1 unspecified atom stereocenters. The van der Waals surface area contributed by atoms with Crippen LogP contribution in [0, 0.1) is 0 Å². The van der Waals surface area contributed by atoms with E-state index in [4.69, 9.17) is 9.88 Å². The van der Waals surface area contributed by atoms with Crippen LogP contribution < -0.4 is 14.8 Å². The van der Waals surface area contributed by atoms with Crippen LogP contribution in [0.4, 0.5) is 5.69 Å². The molecule has 0 bridgehead atoms. The lowest BCUT2D eigenvalue weighted by molar-refractivity contribution is -0.132. The lowest BCUT2D eigenvalue weighted by Crippen LogP contribution is -2.29. The lowest BCUT2D eigenvalue weighted by Gasteiger charge is -2.25. The van der Waals surface area contributed by atoms with Crippen molar-refractivity contribution in [1.82, 2.24) is 4.98 Å². The largest absolute Gasteiger partial charge is 0.507 e.